The van der Waals surface area contributed by atoms with E-state index in [0.717, 1.165) is 49.7 Å². The Labute approximate surface area is 129 Å². The van der Waals surface area contributed by atoms with Gasteiger partial charge in [-0.25, -0.2) is 0 Å². The molecule has 1 aromatic carbocycles. The van der Waals surface area contributed by atoms with Gasteiger partial charge >= 0.3 is 0 Å². The molecule has 0 aliphatic rings. The molecule has 1 aromatic rings. The Morgan fingerprint density at radius 1 is 0.952 bits per heavy atom. The lowest BCUT2D eigenvalue weighted by Gasteiger charge is -2.21. The van der Waals surface area contributed by atoms with Crippen LogP contribution in [0.3, 0.4) is 0 Å². The van der Waals surface area contributed by atoms with Crippen LogP contribution in [0.25, 0.3) is 0 Å². The van der Waals surface area contributed by atoms with Crippen molar-refractivity contribution in [1.29, 1.82) is 0 Å². The van der Waals surface area contributed by atoms with Crippen LogP contribution in [0.5, 0.6) is 11.5 Å². The molecule has 1 rings (SSSR count). The van der Waals surface area contributed by atoms with Gasteiger partial charge in [0, 0.05) is 31.9 Å². The van der Waals surface area contributed by atoms with Crippen LogP contribution in [-0.4, -0.2) is 52.3 Å². The van der Waals surface area contributed by atoms with E-state index in [2.05, 4.69) is 43.8 Å². The first-order chi connectivity index (χ1) is 10.1. The van der Waals surface area contributed by atoms with Crippen LogP contribution in [-0.2, 0) is 0 Å². The van der Waals surface area contributed by atoms with Crippen molar-refractivity contribution < 1.29 is 9.47 Å². The third-order valence-electron chi connectivity index (χ3n) is 3.48. The first-order valence-electron chi connectivity index (χ1n) is 7.82. The van der Waals surface area contributed by atoms with Crippen molar-refractivity contribution in [2.45, 2.75) is 26.7 Å². The summed E-state index contributed by atoms with van der Waals surface area (Å²) in [6.07, 6.45) is 2.29. The van der Waals surface area contributed by atoms with Gasteiger partial charge in [-0.15, -0.1) is 0 Å². The van der Waals surface area contributed by atoms with Crippen LogP contribution >= 0.6 is 0 Å². The summed E-state index contributed by atoms with van der Waals surface area (Å²) in [5.41, 5.74) is 1.16. The molecule has 0 bridgehead atoms. The maximum atomic E-state index is 5.85. The van der Waals surface area contributed by atoms with Crippen molar-refractivity contribution in [3.63, 3.8) is 0 Å². The quantitative estimate of drug-likeness (QED) is 0.661. The molecule has 0 saturated carbocycles. The number of likely N-dealkylation sites (N-methyl/N-ethyl adjacent to an activating group) is 1. The van der Waals surface area contributed by atoms with Crippen molar-refractivity contribution in [2.75, 3.05) is 52.3 Å². The average molecular weight is 294 g/mol. The van der Waals surface area contributed by atoms with Crippen molar-refractivity contribution >= 4 is 5.69 Å². The van der Waals surface area contributed by atoms with Gasteiger partial charge in [-0.3, -0.25) is 0 Å². The van der Waals surface area contributed by atoms with Crippen molar-refractivity contribution in [1.82, 2.24) is 4.90 Å². The van der Waals surface area contributed by atoms with E-state index < -0.39 is 0 Å². The molecule has 4 heteroatoms. The highest BCUT2D eigenvalue weighted by atomic mass is 16.5. The van der Waals surface area contributed by atoms with Crippen molar-refractivity contribution in [3.8, 4) is 11.5 Å². The second-order valence-electron chi connectivity index (χ2n) is 5.41. The van der Waals surface area contributed by atoms with Crippen LogP contribution in [0, 0.1) is 0 Å². The van der Waals surface area contributed by atoms with E-state index >= 15 is 0 Å². The minimum atomic E-state index is 0.678. The number of hydrogen-bond acceptors (Lipinski definition) is 4. The third-order valence-corrected chi connectivity index (χ3v) is 3.48. The Kier molecular flexibility index (Phi) is 7.98. The van der Waals surface area contributed by atoms with E-state index in [9.17, 15) is 0 Å². The fraction of sp³-hybridized carbons (Fsp3) is 0.647. The number of anilines is 1. The number of nitrogens with zero attached hydrogens (tertiary/aromatic N) is 2. The number of hydrogen-bond donors (Lipinski definition) is 0. The highest BCUT2D eigenvalue weighted by Gasteiger charge is 2.08. The lowest BCUT2D eigenvalue weighted by Crippen LogP contribution is -2.25. The lowest BCUT2D eigenvalue weighted by atomic mass is 10.2. The molecule has 0 aromatic heterocycles. The van der Waals surface area contributed by atoms with E-state index in [-0.39, 0.29) is 0 Å². The smallest absolute Gasteiger partial charge is 0.162 e. The molecule has 0 amide bonds. The molecule has 0 saturated heterocycles. The second-order valence-corrected chi connectivity index (χ2v) is 5.41. The molecule has 120 valence electrons. The molecular weight excluding hydrogens is 264 g/mol. The SMILES string of the molecule is CCCN(C)CCOc1ccc(N(C)CCC)cc1OC. The molecule has 0 aliphatic heterocycles. The molecule has 0 spiro atoms. The fourth-order valence-corrected chi connectivity index (χ4v) is 2.28. The summed E-state index contributed by atoms with van der Waals surface area (Å²) in [6.45, 7) is 8.10. The Morgan fingerprint density at radius 3 is 2.29 bits per heavy atom. The molecular formula is C17H30N2O2. The van der Waals surface area contributed by atoms with Crippen LogP contribution < -0.4 is 14.4 Å². The zero-order valence-electron chi connectivity index (χ0n) is 14.2. The number of ether oxygens (including phenoxy) is 2. The summed E-state index contributed by atoms with van der Waals surface area (Å²) in [6, 6.07) is 6.13. The molecule has 0 heterocycles. The van der Waals surface area contributed by atoms with Crippen LogP contribution in [0.15, 0.2) is 18.2 Å². The number of methoxy groups -OCH3 is 1. The minimum absolute atomic E-state index is 0.678. The molecule has 0 atom stereocenters. The standard InChI is InChI=1S/C17H30N2O2/c1-6-10-18(3)12-13-21-16-9-8-15(14-17(16)20-5)19(4)11-7-2/h8-9,14H,6-7,10-13H2,1-5H3. The van der Waals surface area contributed by atoms with Gasteiger partial charge in [-0.05, 0) is 38.6 Å². The predicted molar refractivity (Wildman–Crippen MR) is 89.8 cm³/mol. The Hall–Kier alpha value is -1.42. The van der Waals surface area contributed by atoms with Gasteiger partial charge in [0.15, 0.2) is 11.5 Å². The largest absolute Gasteiger partial charge is 0.493 e. The lowest BCUT2D eigenvalue weighted by molar-refractivity contribution is 0.230. The monoisotopic (exact) mass is 294 g/mol. The first kappa shape index (κ1) is 17.6. The average Bonchev–Trinajstić information content (AvgIpc) is 2.48. The zero-order chi connectivity index (χ0) is 15.7. The molecule has 0 fully saturated rings. The van der Waals surface area contributed by atoms with Gasteiger partial charge in [-0.2, -0.15) is 0 Å². The van der Waals surface area contributed by atoms with Gasteiger partial charge in [-0.1, -0.05) is 13.8 Å². The van der Waals surface area contributed by atoms with Gasteiger partial charge in [0.2, 0.25) is 0 Å². The van der Waals surface area contributed by atoms with Gasteiger partial charge < -0.3 is 19.3 Å². The van der Waals surface area contributed by atoms with E-state index in [0.29, 0.717) is 6.61 Å². The summed E-state index contributed by atoms with van der Waals surface area (Å²) in [5, 5.41) is 0. The Bertz CT molecular complexity index is 410. The third kappa shape index (κ3) is 5.84. The molecule has 4 nitrogen and oxygen atoms in total. The van der Waals surface area contributed by atoms with Gasteiger partial charge in [0.25, 0.3) is 0 Å². The van der Waals surface area contributed by atoms with E-state index in [4.69, 9.17) is 9.47 Å². The highest BCUT2D eigenvalue weighted by Crippen LogP contribution is 2.31. The predicted octanol–water partition coefficient (Wildman–Crippen LogP) is 3.26. The maximum absolute atomic E-state index is 5.85. The minimum Gasteiger partial charge on any atom is -0.493 e. The first-order valence-corrected chi connectivity index (χ1v) is 7.82. The van der Waals surface area contributed by atoms with E-state index in [1.54, 1.807) is 7.11 Å². The molecule has 0 N–H and O–H groups in total. The molecule has 0 radical (unpaired) electrons. The molecule has 0 aliphatic carbocycles. The van der Waals surface area contributed by atoms with Crippen LogP contribution in [0.1, 0.15) is 26.7 Å². The highest BCUT2D eigenvalue weighted by molar-refractivity contribution is 5.56. The Morgan fingerprint density at radius 2 is 1.67 bits per heavy atom. The second kappa shape index (κ2) is 9.50. The maximum Gasteiger partial charge on any atom is 0.162 e. The van der Waals surface area contributed by atoms with Crippen molar-refractivity contribution in [3.05, 3.63) is 18.2 Å². The summed E-state index contributed by atoms with van der Waals surface area (Å²) in [5.74, 6) is 1.62. The molecule has 21 heavy (non-hydrogen) atoms. The Balaban J connectivity index is 2.62. The van der Waals surface area contributed by atoms with Crippen LogP contribution in [0.4, 0.5) is 5.69 Å². The summed E-state index contributed by atoms with van der Waals surface area (Å²) < 4.78 is 11.3. The normalized spacial score (nSPS) is 10.8. The summed E-state index contributed by atoms with van der Waals surface area (Å²) in [7, 11) is 5.90. The zero-order valence-corrected chi connectivity index (χ0v) is 14.2. The number of rotatable bonds is 10. The van der Waals surface area contributed by atoms with Crippen LogP contribution in [0.2, 0.25) is 0 Å². The topological polar surface area (TPSA) is 24.9 Å². The fourth-order valence-electron chi connectivity index (χ4n) is 2.28. The van der Waals surface area contributed by atoms with E-state index in [1.165, 1.54) is 0 Å². The van der Waals surface area contributed by atoms with Gasteiger partial charge in [0.05, 0.1) is 7.11 Å². The summed E-state index contributed by atoms with van der Waals surface area (Å²) in [4.78, 5) is 4.50. The van der Waals surface area contributed by atoms with Gasteiger partial charge in [0.1, 0.15) is 6.61 Å². The number of benzene rings is 1. The van der Waals surface area contributed by atoms with E-state index in [1.807, 2.05) is 12.1 Å². The molecule has 0 unspecified atom stereocenters. The van der Waals surface area contributed by atoms with Crippen molar-refractivity contribution in [2.24, 2.45) is 0 Å². The summed E-state index contributed by atoms with van der Waals surface area (Å²) >= 11 is 0.